The molecule has 0 bridgehead atoms. The molecule has 0 aromatic carbocycles. The average molecular weight is 171 g/mol. The number of hydrogen-bond acceptors (Lipinski definition) is 4. The van der Waals surface area contributed by atoms with Crippen LogP contribution in [0.5, 0.6) is 0 Å². The van der Waals surface area contributed by atoms with Gasteiger partial charge in [0.25, 0.3) is 0 Å². The van der Waals surface area contributed by atoms with Crippen molar-refractivity contribution in [2.45, 2.75) is 0 Å². The molecule has 3 heterocycles. The molecule has 13 heavy (non-hydrogen) atoms. The zero-order valence-electron chi connectivity index (χ0n) is 6.62. The van der Waals surface area contributed by atoms with E-state index in [1.807, 2.05) is 12.1 Å². The van der Waals surface area contributed by atoms with Crippen LogP contribution in [-0.2, 0) is 0 Å². The fraction of sp³-hybridized carbons (Fsp3) is 0. The molecule has 0 amide bonds. The highest BCUT2D eigenvalue weighted by Crippen LogP contribution is 2.11. The van der Waals surface area contributed by atoms with E-state index in [1.165, 1.54) is 6.33 Å². The monoisotopic (exact) mass is 171 g/mol. The summed E-state index contributed by atoms with van der Waals surface area (Å²) in [4.78, 5) is 12.4. The van der Waals surface area contributed by atoms with Gasteiger partial charge in [-0.1, -0.05) is 0 Å². The molecule has 0 saturated heterocycles. The first-order valence-electron chi connectivity index (χ1n) is 3.84. The molecule has 5 heteroatoms. The number of fused-ring (bicyclic) bond motifs is 3. The van der Waals surface area contributed by atoms with E-state index in [0.29, 0.717) is 5.65 Å². The lowest BCUT2D eigenvalue weighted by atomic mass is 10.3. The van der Waals surface area contributed by atoms with Gasteiger partial charge in [0.05, 0.1) is 5.39 Å². The SMILES string of the molecule is c1cnc2ncn3ncnc3c2c1. The van der Waals surface area contributed by atoms with Crippen molar-refractivity contribution in [1.82, 2.24) is 24.6 Å². The molecule has 0 radical (unpaired) electrons. The molecule has 0 fully saturated rings. The van der Waals surface area contributed by atoms with Crippen LogP contribution < -0.4 is 0 Å². The van der Waals surface area contributed by atoms with E-state index in [2.05, 4.69) is 20.1 Å². The molecule has 0 N–H and O–H groups in total. The largest absolute Gasteiger partial charge is 0.236 e. The first-order valence-corrected chi connectivity index (χ1v) is 3.84. The first kappa shape index (κ1) is 6.47. The van der Waals surface area contributed by atoms with Crippen LogP contribution in [0.3, 0.4) is 0 Å². The lowest BCUT2D eigenvalue weighted by Crippen LogP contribution is -1.92. The van der Waals surface area contributed by atoms with Gasteiger partial charge in [0.15, 0.2) is 11.3 Å². The summed E-state index contributed by atoms with van der Waals surface area (Å²) in [7, 11) is 0. The summed E-state index contributed by atoms with van der Waals surface area (Å²) >= 11 is 0. The third-order valence-electron chi connectivity index (χ3n) is 1.89. The third-order valence-corrected chi connectivity index (χ3v) is 1.89. The summed E-state index contributed by atoms with van der Waals surface area (Å²) in [6.45, 7) is 0. The molecule has 0 aliphatic rings. The van der Waals surface area contributed by atoms with Gasteiger partial charge in [0.1, 0.15) is 12.7 Å². The van der Waals surface area contributed by atoms with Crippen LogP contribution in [0.1, 0.15) is 0 Å². The zero-order chi connectivity index (χ0) is 8.67. The van der Waals surface area contributed by atoms with Crippen LogP contribution in [0.2, 0.25) is 0 Å². The second-order valence-corrected chi connectivity index (χ2v) is 2.65. The van der Waals surface area contributed by atoms with Crippen LogP contribution in [0.15, 0.2) is 31.0 Å². The van der Waals surface area contributed by atoms with Crippen molar-refractivity contribution in [1.29, 1.82) is 0 Å². The second-order valence-electron chi connectivity index (χ2n) is 2.65. The van der Waals surface area contributed by atoms with Crippen LogP contribution >= 0.6 is 0 Å². The maximum Gasteiger partial charge on any atom is 0.168 e. The fourth-order valence-electron chi connectivity index (χ4n) is 1.31. The summed E-state index contributed by atoms with van der Waals surface area (Å²) in [5.74, 6) is 0. The van der Waals surface area contributed by atoms with E-state index in [4.69, 9.17) is 0 Å². The van der Waals surface area contributed by atoms with E-state index >= 15 is 0 Å². The van der Waals surface area contributed by atoms with Crippen LogP contribution in [0.4, 0.5) is 0 Å². The van der Waals surface area contributed by atoms with Crippen molar-refractivity contribution in [2.75, 3.05) is 0 Å². The molecule has 3 rings (SSSR count). The Morgan fingerprint density at radius 2 is 2.15 bits per heavy atom. The van der Waals surface area contributed by atoms with Gasteiger partial charge in [-0.3, -0.25) is 0 Å². The molecule has 0 aliphatic carbocycles. The normalized spacial score (nSPS) is 11.1. The fourth-order valence-corrected chi connectivity index (χ4v) is 1.31. The van der Waals surface area contributed by atoms with E-state index in [9.17, 15) is 0 Å². The standard InChI is InChI=1S/C8H5N5/c1-2-6-7(9-3-1)11-5-13-8(6)10-4-12-13/h1-5H. The quantitative estimate of drug-likeness (QED) is 0.499. The molecule has 5 nitrogen and oxygen atoms in total. The molecular weight excluding hydrogens is 166 g/mol. The number of rotatable bonds is 0. The predicted molar refractivity (Wildman–Crippen MR) is 46.1 cm³/mol. The molecule has 3 aromatic heterocycles. The first-order chi connectivity index (χ1) is 6.45. The summed E-state index contributed by atoms with van der Waals surface area (Å²) in [5.41, 5.74) is 1.49. The lowest BCUT2D eigenvalue weighted by molar-refractivity contribution is 0.930. The van der Waals surface area contributed by atoms with Crippen molar-refractivity contribution < 1.29 is 0 Å². The van der Waals surface area contributed by atoms with E-state index in [-0.39, 0.29) is 0 Å². The van der Waals surface area contributed by atoms with Crippen molar-refractivity contribution in [3.8, 4) is 0 Å². The summed E-state index contributed by atoms with van der Waals surface area (Å²) in [6, 6.07) is 3.79. The highest BCUT2D eigenvalue weighted by molar-refractivity contribution is 5.87. The van der Waals surface area contributed by atoms with Gasteiger partial charge in [0.2, 0.25) is 0 Å². The van der Waals surface area contributed by atoms with Gasteiger partial charge >= 0.3 is 0 Å². The van der Waals surface area contributed by atoms with E-state index < -0.39 is 0 Å². The van der Waals surface area contributed by atoms with Crippen molar-refractivity contribution in [3.63, 3.8) is 0 Å². The topological polar surface area (TPSA) is 56.0 Å². The molecule has 0 saturated carbocycles. The molecule has 0 spiro atoms. The van der Waals surface area contributed by atoms with Crippen LogP contribution in [0, 0.1) is 0 Å². The molecule has 62 valence electrons. The molecule has 3 aromatic rings. The smallest absolute Gasteiger partial charge is 0.168 e. The minimum absolute atomic E-state index is 0.697. The average Bonchev–Trinajstić information content (AvgIpc) is 2.65. The second kappa shape index (κ2) is 2.22. The Bertz CT molecular complexity index is 571. The maximum atomic E-state index is 4.13. The molecule has 0 unspecified atom stereocenters. The van der Waals surface area contributed by atoms with E-state index in [0.717, 1.165) is 11.0 Å². The summed E-state index contributed by atoms with van der Waals surface area (Å²) < 4.78 is 1.63. The Kier molecular flexibility index (Phi) is 1.11. The molecular formula is C8H5N5. The van der Waals surface area contributed by atoms with Crippen LogP contribution in [0.25, 0.3) is 16.7 Å². The van der Waals surface area contributed by atoms with Crippen molar-refractivity contribution >= 4 is 16.7 Å². The van der Waals surface area contributed by atoms with Gasteiger partial charge in [-0.15, -0.1) is 0 Å². The number of aromatic nitrogens is 5. The number of pyridine rings is 1. The molecule has 0 aliphatic heterocycles. The van der Waals surface area contributed by atoms with Gasteiger partial charge in [-0.25, -0.2) is 19.5 Å². The minimum atomic E-state index is 0.697. The predicted octanol–water partition coefficient (Wildman–Crippen LogP) is 0.672. The van der Waals surface area contributed by atoms with Gasteiger partial charge in [-0.2, -0.15) is 5.10 Å². The van der Waals surface area contributed by atoms with Gasteiger partial charge in [0, 0.05) is 6.20 Å². The Morgan fingerprint density at radius 1 is 1.15 bits per heavy atom. The Hall–Kier alpha value is -2.04. The highest BCUT2D eigenvalue weighted by Gasteiger charge is 2.02. The Labute approximate surface area is 73.1 Å². The Morgan fingerprint density at radius 3 is 3.15 bits per heavy atom. The summed E-state index contributed by atoms with van der Waals surface area (Å²) in [6.07, 6.45) is 4.82. The number of nitrogens with zero attached hydrogens (tertiary/aromatic N) is 5. The summed E-state index contributed by atoms with van der Waals surface area (Å²) in [5, 5.41) is 4.90. The molecule has 0 atom stereocenters. The number of hydrogen-bond donors (Lipinski definition) is 0. The van der Waals surface area contributed by atoms with Crippen molar-refractivity contribution in [2.24, 2.45) is 0 Å². The maximum absolute atomic E-state index is 4.13. The Balaban J connectivity index is 2.65. The van der Waals surface area contributed by atoms with Crippen molar-refractivity contribution in [3.05, 3.63) is 31.0 Å². The lowest BCUT2D eigenvalue weighted by Gasteiger charge is -1.95. The van der Waals surface area contributed by atoms with Crippen LogP contribution in [-0.4, -0.2) is 24.6 Å². The highest BCUT2D eigenvalue weighted by atomic mass is 15.3. The van der Waals surface area contributed by atoms with Gasteiger partial charge in [-0.05, 0) is 12.1 Å². The van der Waals surface area contributed by atoms with Gasteiger partial charge < -0.3 is 0 Å². The minimum Gasteiger partial charge on any atom is -0.236 e. The third kappa shape index (κ3) is 0.807. The zero-order valence-corrected chi connectivity index (χ0v) is 6.62. The van der Waals surface area contributed by atoms with E-state index in [1.54, 1.807) is 17.0 Å².